The summed E-state index contributed by atoms with van der Waals surface area (Å²) in [6.07, 6.45) is -2.71. The maximum absolute atomic E-state index is 14.0. The van der Waals surface area contributed by atoms with Crippen molar-refractivity contribution >= 4 is 0 Å². The van der Waals surface area contributed by atoms with Crippen LogP contribution in [-0.2, 0) is 6.42 Å². The fraction of sp³-hybridized carbons (Fsp3) is 0.154. The average Bonchev–Trinajstić information content (AvgIpc) is 2.72. The predicted molar refractivity (Wildman–Crippen MR) is 111 cm³/mol. The molecule has 0 radical (unpaired) electrons. The summed E-state index contributed by atoms with van der Waals surface area (Å²) in [4.78, 5) is 0. The number of hydrogen-bond donors (Lipinski definition) is 0. The van der Waals surface area contributed by atoms with Gasteiger partial charge in [0.05, 0.1) is 5.56 Å². The van der Waals surface area contributed by atoms with Gasteiger partial charge in [-0.1, -0.05) is 67.5 Å². The van der Waals surface area contributed by atoms with Crippen molar-refractivity contribution in [3.63, 3.8) is 0 Å². The molecule has 0 spiro atoms. The second-order valence-electron chi connectivity index (χ2n) is 6.84. The molecule has 3 aromatic carbocycles. The van der Waals surface area contributed by atoms with Gasteiger partial charge in [0.25, 0.3) is 0 Å². The zero-order chi connectivity index (χ0) is 22.4. The number of halogens is 5. The Morgan fingerprint density at radius 1 is 0.710 bits per heavy atom. The van der Waals surface area contributed by atoms with Crippen LogP contribution in [0, 0.1) is 35.3 Å². The Balaban J connectivity index is 1.78. The van der Waals surface area contributed by atoms with Crippen molar-refractivity contribution in [3.05, 3.63) is 94.6 Å². The van der Waals surface area contributed by atoms with Crippen molar-refractivity contribution in [2.24, 2.45) is 0 Å². The van der Waals surface area contributed by atoms with E-state index in [1.807, 2.05) is 12.1 Å². The quantitative estimate of drug-likeness (QED) is 0.317. The van der Waals surface area contributed by atoms with Crippen molar-refractivity contribution in [3.8, 4) is 34.8 Å². The SMILES string of the molecule is CCCc1ccc(-c2ccc(C#Cc3cc(F)c(C#CC(F)(F)F)c(F)c3)cc2)cc1. The molecule has 0 unspecified atom stereocenters. The van der Waals surface area contributed by atoms with E-state index in [1.54, 1.807) is 12.1 Å². The molecule has 0 N–H and O–H groups in total. The molecule has 0 amide bonds. The highest BCUT2D eigenvalue weighted by atomic mass is 19.4. The lowest BCUT2D eigenvalue weighted by Crippen LogP contribution is -2.02. The highest BCUT2D eigenvalue weighted by Crippen LogP contribution is 2.21. The van der Waals surface area contributed by atoms with E-state index in [0.717, 1.165) is 42.0 Å². The smallest absolute Gasteiger partial charge is 0.205 e. The third-order valence-electron chi connectivity index (χ3n) is 4.43. The highest BCUT2D eigenvalue weighted by molar-refractivity contribution is 5.65. The molecule has 0 bridgehead atoms. The number of alkyl halides is 3. The summed E-state index contributed by atoms with van der Waals surface area (Å²) >= 11 is 0. The summed E-state index contributed by atoms with van der Waals surface area (Å²) in [7, 11) is 0. The fourth-order valence-electron chi connectivity index (χ4n) is 2.94. The van der Waals surface area contributed by atoms with E-state index in [1.165, 1.54) is 11.5 Å². The van der Waals surface area contributed by atoms with Gasteiger partial charge in [-0.3, -0.25) is 0 Å². The minimum atomic E-state index is -4.83. The molecule has 0 heterocycles. The summed E-state index contributed by atoms with van der Waals surface area (Å²) in [6, 6.07) is 17.4. The molecule has 0 saturated heterocycles. The van der Waals surface area contributed by atoms with Gasteiger partial charge in [-0.2, -0.15) is 13.2 Å². The van der Waals surface area contributed by atoms with E-state index >= 15 is 0 Å². The third-order valence-corrected chi connectivity index (χ3v) is 4.43. The van der Waals surface area contributed by atoms with Gasteiger partial charge in [0, 0.05) is 17.0 Å². The molecule has 0 aromatic heterocycles. The molecule has 3 aromatic rings. The molecule has 0 aliphatic carbocycles. The van der Waals surface area contributed by atoms with Gasteiger partial charge in [0.2, 0.25) is 0 Å². The van der Waals surface area contributed by atoms with Crippen LogP contribution in [0.4, 0.5) is 22.0 Å². The summed E-state index contributed by atoms with van der Waals surface area (Å²) in [5, 5.41) is 0. The lowest BCUT2D eigenvalue weighted by molar-refractivity contribution is -0.0696. The monoisotopic (exact) mass is 424 g/mol. The molecule has 5 heteroatoms. The summed E-state index contributed by atoms with van der Waals surface area (Å²) in [6.45, 7) is 2.13. The van der Waals surface area contributed by atoms with Crippen molar-refractivity contribution in [2.45, 2.75) is 25.9 Å². The normalized spacial score (nSPS) is 10.6. The third kappa shape index (κ3) is 6.20. The molecule has 0 atom stereocenters. The molecular formula is C26H17F5. The van der Waals surface area contributed by atoms with Gasteiger partial charge in [-0.05, 0) is 47.4 Å². The van der Waals surface area contributed by atoms with Crippen LogP contribution in [0.3, 0.4) is 0 Å². The molecule has 3 rings (SSSR count). The van der Waals surface area contributed by atoms with Gasteiger partial charge < -0.3 is 0 Å². The average molecular weight is 424 g/mol. The Hall–Kier alpha value is -3.57. The standard InChI is InChI=1S/C26H17F5/c1-2-3-18-6-10-21(11-7-18)22-12-8-19(9-13-22)4-5-20-16-24(27)23(25(28)17-20)14-15-26(29,30)31/h6-13,16-17H,2-3H2,1H3. The molecule has 0 nitrogen and oxygen atoms in total. The van der Waals surface area contributed by atoms with E-state index in [-0.39, 0.29) is 5.56 Å². The van der Waals surface area contributed by atoms with Crippen LogP contribution >= 0.6 is 0 Å². The second kappa shape index (κ2) is 9.49. The van der Waals surface area contributed by atoms with Crippen molar-refractivity contribution in [2.75, 3.05) is 0 Å². The van der Waals surface area contributed by atoms with Crippen molar-refractivity contribution < 1.29 is 22.0 Å². The lowest BCUT2D eigenvalue weighted by Gasteiger charge is -2.04. The number of hydrogen-bond acceptors (Lipinski definition) is 0. The predicted octanol–water partition coefficient (Wildman–Crippen LogP) is 6.90. The number of rotatable bonds is 3. The van der Waals surface area contributed by atoms with Gasteiger partial charge >= 0.3 is 6.18 Å². The van der Waals surface area contributed by atoms with Gasteiger partial charge in [0.1, 0.15) is 11.6 Å². The van der Waals surface area contributed by atoms with Crippen LogP contribution in [0.2, 0.25) is 0 Å². The molecule has 156 valence electrons. The van der Waals surface area contributed by atoms with Crippen molar-refractivity contribution in [1.82, 2.24) is 0 Å². The Morgan fingerprint density at radius 3 is 1.74 bits per heavy atom. The first kappa shape index (κ1) is 22.1. The molecule has 31 heavy (non-hydrogen) atoms. The topological polar surface area (TPSA) is 0 Å². The van der Waals surface area contributed by atoms with Crippen molar-refractivity contribution in [1.29, 1.82) is 0 Å². The summed E-state index contributed by atoms with van der Waals surface area (Å²) < 4.78 is 64.3. The fourth-order valence-corrected chi connectivity index (χ4v) is 2.94. The van der Waals surface area contributed by atoms with E-state index in [0.29, 0.717) is 5.56 Å². The van der Waals surface area contributed by atoms with Crippen LogP contribution in [0.1, 0.15) is 35.6 Å². The first-order chi connectivity index (χ1) is 14.7. The van der Waals surface area contributed by atoms with Crippen LogP contribution in [0.25, 0.3) is 11.1 Å². The van der Waals surface area contributed by atoms with Crippen LogP contribution in [0.5, 0.6) is 0 Å². The zero-order valence-electron chi connectivity index (χ0n) is 16.6. The van der Waals surface area contributed by atoms with E-state index in [2.05, 4.69) is 43.0 Å². The lowest BCUT2D eigenvalue weighted by atomic mass is 10.0. The molecule has 0 fully saturated rings. The molecule has 0 aliphatic rings. The Bertz CT molecular complexity index is 1160. The highest BCUT2D eigenvalue weighted by Gasteiger charge is 2.23. The van der Waals surface area contributed by atoms with Gasteiger partial charge in [-0.25, -0.2) is 8.78 Å². The Labute approximate surface area is 177 Å². The Kier molecular flexibility index (Phi) is 6.78. The van der Waals surface area contributed by atoms with Crippen LogP contribution < -0.4 is 0 Å². The van der Waals surface area contributed by atoms with Gasteiger partial charge in [-0.15, -0.1) is 0 Å². The van der Waals surface area contributed by atoms with E-state index < -0.39 is 23.4 Å². The van der Waals surface area contributed by atoms with E-state index in [4.69, 9.17) is 0 Å². The molecule has 0 aliphatic heterocycles. The van der Waals surface area contributed by atoms with Crippen LogP contribution in [0.15, 0.2) is 60.7 Å². The molecular weight excluding hydrogens is 407 g/mol. The largest absolute Gasteiger partial charge is 0.458 e. The number of aryl methyl sites for hydroxylation is 1. The maximum Gasteiger partial charge on any atom is 0.458 e. The summed E-state index contributed by atoms with van der Waals surface area (Å²) in [5.41, 5.74) is 3.06. The van der Waals surface area contributed by atoms with Gasteiger partial charge in [0.15, 0.2) is 0 Å². The first-order valence-corrected chi connectivity index (χ1v) is 9.55. The summed E-state index contributed by atoms with van der Waals surface area (Å²) in [5.74, 6) is 5.38. The van der Waals surface area contributed by atoms with Crippen LogP contribution in [-0.4, -0.2) is 6.18 Å². The first-order valence-electron chi connectivity index (χ1n) is 9.55. The Morgan fingerprint density at radius 2 is 1.23 bits per heavy atom. The van der Waals surface area contributed by atoms with E-state index in [9.17, 15) is 22.0 Å². The minimum Gasteiger partial charge on any atom is -0.205 e. The maximum atomic E-state index is 14.0. The number of benzene rings is 3. The minimum absolute atomic E-state index is 0.00291. The second-order valence-corrected chi connectivity index (χ2v) is 6.84. The zero-order valence-corrected chi connectivity index (χ0v) is 16.6. The molecule has 0 saturated carbocycles.